The first-order valence-electron chi connectivity index (χ1n) is 6.07. The molecule has 9 heteroatoms. The minimum atomic E-state index is -3.94. The van der Waals surface area contributed by atoms with E-state index < -0.39 is 26.6 Å². The minimum absolute atomic E-state index is 0.0936. The molecule has 21 heavy (non-hydrogen) atoms. The normalized spacial score (nSPS) is 14.6. The molecule has 3 N–H and O–H groups in total. The fraction of sp³-hybridized carbons (Fsp3) is 0.417. The Kier molecular flexibility index (Phi) is 6.39. The Morgan fingerprint density at radius 2 is 2.14 bits per heavy atom. The number of nitrogens with two attached hydrogens (primary N) is 1. The van der Waals surface area contributed by atoms with Crippen molar-refractivity contribution in [1.29, 1.82) is 0 Å². The van der Waals surface area contributed by atoms with E-state index in [-0.39, 0.29) is 27.2 Å². The highest BCUT2D eigenvalue weighted by molar-refractivity contribution is 7.89. The highest BCUT2D eigenvalue weighted by atomic mass is 32.2. The molecule has 2 unspecified atom stereocenters. The van der Waals surface area contributed by atoms with Crippen molar-refractivity contribution in [3.8, 4) is 0 Å². The van der Waals surface area contributed by atoms with Crippen LogP contribution >= 0.6 is 12.2 Å². The fourth-order valence-corrected chi connectivity index (χ4v) is 3.61. The van der Waals surface area contributed by atoms with E-state index in [0.717, 1.165) is 6.07 Å². The van der Waals surface area contributed by atoms with E-state index in [9.17, 15) is 17.0 Å². The summed E-state index contributed by atoms with van der Waals surface area (Å²) in [5.41, 5.74) is 5.09. The largest absolute Gasteiger partial charge is 0.389 e. The van der Waals surface area contributed by atoms with Crippen LogP contribution in [0.5, 0.6) is 0 Å². The number of sulfonamides is 1. The SMILES string of the molecule is CC(CCNS(=O)(=O)c1cccc(F)c1C(N)=S)S(C)=O. The molecule has 0 bridgehead atoms. The van der Waals surface area contributed by atoms with Gasteiger partial charge in [-0.1, -0.05) is 25.2 Å². The maximum atomic E-state index is 13.7. The van der Waals surface area contributed by atoms with Gasteiger partial charge in [-0.3, -0.25) is 4.21 Å². The van der Waals surface area contributed by atoms with Crippen LogP contribution < -0.4 is 10.5 Å². The van der Waals surface area contributed by atoms with Crippen molar-refractivity contribution in [3.05, 3.63) is 29.6 Å². The second-order valence-electron chi connectivity index (χ2n) is 4.47. The van der Waals surface area contributed by atoms with E-state index in [1.54, 1.807) is 13.2 Å². The molecule has 0 aliphatic heterocycles. The lowest BCUT2D eigenvalue weighted by Gasteiger charge is -2.13. The maximum Gasteiger partial charge on any atom is 0.241 e. The van der Waals surface area contributed by atoms with Crippen LogP contribution in [0, 0.1) is 5.82 Å². The summed E-state index contributed by atoms with van der Waals surface area (Å²) in [7, 11) is -4.97. The average Bonchev–Trinajstić information content (AvgIpc) is 2.37. The van der Waals surface area contributed by atoms with Gasteiger partial charge in [0.15, 0.2) is 0 Å². The molecule has 1 aromatic rings. The smallest absolute Gasteiger partial charge is 0.241 e. The second kappa shape index (κ2) is 7.39. The Morgan fingerprint density at radius 3 is 2.67 bits per heavy atom. The number of hydrogen-bond donors (Lipinski definition) is 2. The molecule has 1 rings (SSSR count). The van der Waals surface area contributed by atoms with Crippen LogP contribution in [0.2, 0.25) is 0 Å². The zero-order valence-corrected chi connectivity index (χ0v) is 14.1. The molecule has 0 amide bonds. The van der Waals surface area contributed by atoms with Crippen molar-refractivity contribution < 1.29 is 17.0 Å². The predicted octanol–water partition coefficient (Wildman–Crippen LogP) is 0.895. The first kappa shape index (κ1) is 18.1. The van der Waals surface area contributed by atoms with Crippen LogP contribution in [0.1, 0.15) is 18.9 Å². The molecule has 118 valence electrons. The van der Waals surface area contributed by atoms with Gasteiger partial charge in [-0.15, -0.1) is 0 Å². The van der Waals surface area contributed by atoms with E-state index in [0.29, 0.717) is 6.42 Å². The number of halogens is 1. The monoisotopic (exact) mass is 352 g/mol. The van der Waals surface area contributed by atoms with Crippen LogP contribution in [0.25, 0.3) is 0 Å². The van der Waals surface area contributed by atoms with Gasteiger partial charge in [-0.25, -0.2) is 17.5 Å². The van der Waals surface area contributed by atoms with Crippen molar-refractivity contribution in [3.63, 3.8) is 0 Å². The van der Waals surface area contributed by atoms with Gasteiger partial charge in [-0.05, 0) is 18.6 Å². The Hall–Kier alpha value is -0.900. The van der Waals surface area contributed by atoms with Crippen LogP contribution in [-0.2, 0) is 20.8 Å². The number of benzene rings is 1. The second-order valence-corrected chi connectivity index (χ2v) is 8.45. The topological polar surface area (TPSA) is 89.3 Å². The molecule has 2 atom stereocenters. The predicted molar refractivity (Wildman–Crippen MR) is 85.6 cm³/mol. The molecule has 0 fully saturated rings. The molecule has 0 spiro atoms. The molecule has 0 saturated carbocycles. The van der Waals surface area contributed by atoms with Crippen LogP contribution in [0.15, 0.2) is 23.1 Å². The Labute approximate surface area is 131 Å². The molecule has 0 aromatic heterocycles. The van der Waals surface area contributed by atoms with Gasteiger partial charge in [-0.2, -0.15) is 0 Å². The summed E-state index contributed by atoms with van der Waals surface area (Å²) in [6.07, 6.45) is 1.96. The summed E-state index contributed by atoms with van der Waals surface area (Å²) in [4.78, 5) is -0.614. The standard InChI is InChI=1S/C12H17FN2O3S3/c1-8(20(2)16)6-7-15-21(17,18)10-5-3-4-9(13)11(10)12(14)19/h3-5,8,15H,6-7H2,1-2H3,(H2,14,19). The lowest BCUT2D eigenvalue weighted by Crippen LogP contribution is -2.30. The number of nitrogens with one attached hydrogen (secondary N) is 1. The molecule has 5 nitrogen and oxygen atoms in total. The van der Waals surface area contributed by atoms with Crippen LogP contribution in [0.3, 0.4) is 0 Å². The van der Waals surface area contributed by atoms with E-state index in [2.05, 4.69) is 4.72 Å². The zero-order valence-electron chi connectivity index (χ0n) is 11.6. The molecular weight excluding hydrogens is 335 g/mol. The third-order valence-electron chi connectivity index (χ3n) is 2.92. The van der Waals surface area contributed by atoms with Gasteiger partial charge in [0.25, 0.3) is 0 Å². The third kappa shape index (κ3) is 4.80. The lowest BCUT2D eigenvalue weighted by molar-refractivity contribution is 0.573. The van der Waals surface area contributed by atoms with E-state index in [4.69, 9.17) is 18.0 Å². The zero-order chi connectivity index (χ0) is 16.2. The summed E-state index contributed by atoms with van der Waals surface area (Å²) in [6, 6.07) is 3.60. The van der Waals surface area contributed by atoms with Gasteiger partial charge in [0.1, 0.15) is 10.8 Å². The average molecular weight is 352 g/mol. The molecule has 0 aliphatic carbocycles. The first-order valence-corrected chi connectivity index (χ1v) is 9.58. The van der Waals surface area contributed by atoms with Gasteiger partial charge in [0.05, 0.1) is 10.5 Å². The number of rotatable bonds is 7. The van der Waals surface area contributed by atoms with Crippen LogP contribution in [-0.4, -0.2) is 35.7 Å². The third-order valence-corrected chi connectivity index (χ3v) is 6.00. The Bertz CT molecular complexity index is 662. The van der Waals surface area contributed by atoms with Crippen molar-refractivity contribution in [2.45, 2.75) is 23.5 Å². The van der Waals surface area contributed by atoms with E-state index >= 15 is 0 Å². The first-order chi connectivity index (χ1) is 9.66. The summed E-state index contributed by atoms with van der Waals surface area (Å²) >= 11 is 4.70. The van der Waals surface area contributed by atoms with E-state index in [1.165, 1.54) is 12.1 Å². The van der Waals surface area contributed by atoms with Crippen molar-refractivity contribution in [2.75, 3.05) is 12.8 Å². The Morgan fingerprint density at radius 1 is 1.52 bits per heavy atom. The summed E-state index contributed by atoms with van der Waals surface area (Å²) < 4.78 is 51.6. The van der Waals surface area contributed by atoms with Gasteiger partial charge in [0, 0.05) is 28.9 Å². The van der Waals surface area contributed by atoms with Gasteiger partial charge in [0.2, 0.25) is 10.0 Å². The maximum absolute atomic E-state index is 13.7. The van der Waals surface area contributed by atoms with Crippen molar-refractivity contribution >= 4 is 38.0 Å². The molecule has 1 aromatic carbocycles. The number of thiocarbonyl (C=S) groups is 1. The summed E-state index contributed by atoms with van der Waals surface area (Å²) in [5, 5.41) is -0.143. The molecular formula is C12H17FN2O3S3. The minimum Gasteiger partial charge on any atom is -0.389 e. The molecule has 0 aliphatic rings. The summed E-state index contributed by atoms with van der Waals surface area (Å²) in [6.45, 7) is 1.85. The van der Waals surface area contributed by atoms with Crippen molar-refractivity contribution in [1.82, 2.24) is 4.72 Å². The highest BCUT2D eigenvalue weighted by Gasteiger charge is 2.22. The van der Waals surface area contributed by atoms with Gasteiger partial charge >= 0.3 is 0 Å². The Balaban J connectivity index is 2.97. The molecule has 0 saturated heterocycles. The lowest BCUT2D eigenvalue weighted by atomic mass is 10.2. The van der Waals surface area contributed by atoms with Gasteiger partial charge < -0.3 is 5.73 Å². The van der Waals surface area contributed by atoms with Crippen LogP contribution in [0.4, 0.5) is 4.39 Å². The van der Waals surface area contributed by atoms with Crippen molar-refractivity contribution in [2.24, 2.45) is 5.73 Å². The van der Waals surface area contributed by atoms with E-state index in [1.807, 2.05) is 0 Å². The summed E-state index contributed by atoms with van der Waals surface area (Å²) in [5.74, 6) is -0.784. The number of hydrogen-bond acceptors (Lipinski definition) is 4. The quantitative estimate of drug-likeness (QED) is 0.712. The highest BCUT2D eigenvalue weighted by Crippen LogP contribution is 2.18. The molecule has 0 radical (unpaired) electrons. The molecule has 0 heterocycles. The fourth-order valence-electron chi connectivity index (χ4n) is 1.61.